The molecule has 1 atom stereocenters. The van der Waals surface area contributed by atoms with E-state index in [-0.39, 0.29) is 11.9 Å². The minimum absolute atomic E-state index is 0.111. The highest BCUT2D eigenvalue weighted by atomic mass is 35.5. The van der Waals surface area contributed by atoms with Crippen LogP contribution >= 0.6 is 11.6 Å². The minimum atomic E-state index is -0.678. The third kappa shape index (κ3) is 4.22. The second-order valence-corrected chi connectivity index (χ2v) is 6.07. The number of urea groups is 1. The second-order valence-electron chi connectivity index (χ2n) is 5.64. The lowest BCUT2D eigenvalue weighted by Gasteiger charge is -2.16. The van der Waals surface area contributed by atoms with Crippen molar-refractivity contribution in [3.63, 3.8) is 0 Å². The van der Waals surface area contributed by atoms with Crippen LogP contribution in [-0.2, 0) is 4.79 Å². The zero-order chi connectivity index (χ0) is 17.8. The van der Waals surface area contributed by atoms with Gasteiger partial charge in [0.25, 0.3) is 5.91 Å². The van der Waals surface area contributed by atoms with E-state index in [1.807, 2.05) is 0 Å². The number of hydrogen-bond donors (Lipinski definition) is 2. The number of rotatable bonds is 5. The molecule has 1 aliphatic rings. The van der Waals surface area contributed by atoms with Gasteiger partial charge in [-0.2, -0.15) is 0 Å². The zero-order valence-electron chi connectivity index (χ0n) is 13.7. The Balaban J connectivity index is 1.59. The molecular weight excluding hydrogens is 342 g/mol. The molecule has 0 aromatic heterocycles. The molecule has 7 heteroatoms. The van der Waals surface area contributed by atoms with Gasteiger partial charge in [0.15, 0.2) is 6.10 Å². The average molecular weight is 360 g/mol. The van der Waals surface area contributed by atoms with Crippen molar-refractivity contribution in [2.45, 2.75) is 13.0 Å². The van der Waals surface area contributed by atoms with E-state index < -0.39 is 6.10 Å². The van der Waals surface area contributed by atoms with Gasteiger partial charge in [-0.25, -0.2) is 4.79 Å². The molecule has 0 saturated carbocycles. The Labute approximate surface area is 150 Å². The largest absolute Gasteiger partial charge is 0.481 e. The third-order valence-corrected chi connectivity index (χ3v) is 4.02. The monoisotopic (exact) mass is 359 g/mol. The molecule has 1 fully saturated rings. The first kappa shape index (κ1) is 17.1. The van der Waals surface area contributed by atoms with Crippen LogP contribution in [-0.4, -0.2) is 31.1 Å². The lowest BCUT2D eigenvalue weighted by molar-refractivity contribution is -0.122. The van der Waals surface area contributed by atoms with Crippen LogP contribution in [0.2, 0.25) is 5.02 Å². The molecule has 1 heterocycles. The number of anilines is 2. The van der Waals surface area contributed by atoms with Crippen molar-refractivity contribution in [3.8, 4) is 5.75 Å². The maximum absolute atomic E-state index is 12.3. The van der Waals surface area contributed by atoms with Crippen molar-refractivity contribution < 1.29 is 14.3 Å². The molecule has 1 saturated heterocycles. The molecule has 2 aromatic rings. The van der Waals surface area contributed by atoms with Gasteiger partial charge in [0, 0.05) is 29.5 Å². The Kier molecular flexibility index (Phi) is 5.09. The van der Waals surface area contributed by atoms with E-state index >= 15 is 0 Å². The molecule has 2 aromatic carbocycles. The summed E-state index contributed by atoms with van der Waals surface area (Å²) in [6.07, 6.45) is -0.678. The average Bonchev–Trinajstić information content (AvgIpc) is 3.01. The number of nitrogens with zero attached hydrogens (tertiary/aromatic N) is 1. The fourth-order valence-corrected chi connectivity index (χ4v) is 2.66. The SMILES string of the molecule is CC(Oc1cccc(Cl)c1)C(=O)Nc1ccc(N2CCNC2=O)cc1. The van der Waals surface area contributed by atoms with Crippen LogP contribution in [0.3, 0.4) is 0 Å². The number of nitrogens with one attached hydrogen (secondary N) is 2. The Hall–Kier alpha value is -2.73. The van der Waals surface area contributed by atoms with Crippen LogP contribution in [0.15, 0.2) is 48.5 Å². The van der Waals surface area contributed by atoms with Gasteiger partial charge in [-0.1, -0.05) is 17.7 Å². The van der Waals surface area contributed by atoms with Crippen LogP contribution in [0, 0.1) is 0 Å². The van der Waals surface area contributed by atoms with Crippen molar-refractivity contribution in [2.75, 3.05) is 23.3 Å². The molecule has 1 unspecified atom stereocenters. The summed E-state index contributed by atoms with van der Waals surface area (Å²) >= 11 is 5.90. The highest BCUT2D eigenvalue weighted by Gasteiger charge is 2.21. The molecule has 3 amide bonds. The first-order valence-electron chi connectivity index (χ1n) is 7.91. The zero-order valence-corrected chi connectivity index (χ0v) is 14.4. The van der Waals surface area contributed by atoms with Crippen molar-refractivity contribution in [3.05, 3.63) is 53.6 Å². The predicted octanol–water partition coefficient (Wildman–Crippen LogP) is 3.28. The molecule has 0 aliphatic carbocycles. The molecule has 0 spiro atoms. The van der Waals surface area contributed by atoms with E-state index in [9.17, 15) is 9.59 Å². The first-order valence-corrected chi connectivity index (χ1v) is 8.29. The quantitative estimate of drug-likeness (QED) is 0.860. The summed E-state index contributed by atoms with van der Waals surface area (Å²) in [6, 6.07) is 13.9. The van der Waals surface area contributed by atoms with E-state index in [1.165, 1.54) is 0 Å². The van der Waals surface area contributed by atoms with Crippen molar-refractivity contribution in [1.82, 2.24) is 5.32 Å². The highest BCUT2D eigenvalue weighted by Crippen LogP contribution is 2.21. The molecule has 0 bridgehead atoms. The summed E-state index contributed by atoms with van der Waals surface area (Å²) in [5.41, 5.74) is 1.42. The molecule has 3 rings (SSSR count). The molecule has 6 nitrogen and oxygen atoms in total. The predicted molar refractivity (Wildman–Crippen MR) is 97.4 cm³/mol. The maximum atomic E-state index is 12.3. The Morgan fingerprint density at radius 2 is 2.04 bits per heavy atom. The van der Waals surface area contributed by atoms with E-state index in [1.54, 1.807) is 60.4 Å². The Morgan fingerprint density at radius 3 is 2.68 bits per heavy atom. The van der Waals surface area contributed by atoms with Crippen LogP contribution in [0.1, 0.15) is 6.92 Å². The van der Waals surface area contributed by atoms with E-state index in [2.05, 4.69) is 10.6 Å². The molecule has 1 aliphatic heterocycles. The van der Waals surface area contributed by atoms with Gasteiger partial charge >= 0.3 is 6.03 Å². The maximum Gasteiger partial charge on any atom is 0.321 e. The minimum Gasteiger partial charge on any atom is -0.481 e. The summed E-state index contributed by atoms with van der Waals surface area (Å²) in [5, 5.41) is 6.09. The summed E-state index contributed by atoms with van der Waals surface area (Å²) in [5.74, 6) is 0.261. The number of hydrogen-bond acceptors (Lipinski definition) is 3. The van der Waals surface area contributed by atoms with Crippen LogP contribution in [0.5, 0.6) is 5.75 Å². The number of ether oxygens (including phenoxy) is 1. The lowest BCUT2D eigenvalue weighted by atomic mass is 10.2. The molecule has 130 valence electrons. The van der Waals surface area contributed by atoms with Gasteiger partial charge in [-0.15, -0.1) is 0 Å². The number of halogens is 1. The fourth-order valence-electron chi connectivity index (χ4n) is 2.48. The van der Waals surface area contributed by atoms with Crippen LogP contribution in [0.25, 0.3) is 0 Å². The molecule has 2 N–H and O–H groups in total. The number of benzene rings is 2. The van der Waals surface area contributed by atoms with Crippen LogP contribution < -0.4 is 20.3 Å². The van der Waals surface area contributed by atoms with Gasteiger partial charge in [-0.05, 0) is 49.4 Å². The first-order chi connectivity index (χ1) is 12.0. The van der Waals surface area contributed by atoms with E-state index in [0.29, 0.717) is 29.5 Å². The normalized spacial score (nSPS) is 14.8. The lowest BCUT2D eigenvalue weighted by Crippen LogP contribution is -2.30. The standard InChI is InChI=1S/C18H18ClN3O3/c1-12(25-16-4-2-3-13(19)11-16)17(23)21-14-5-7-15(8-6-14)22-10-9-20-18(22)24/h2-8,11-12H,9-10H2,1H3,(H,20,24)(H,21,23). The summed E-state index contributed by atoms with van der Waals surface area (Å²) in [6.45, 7) is 2.93. The van der Waals surface area contributed by atoms with Crippen molar-refractivity contribution in [1.29, 1.82) is 0 Å². The van der Waals surface area contributed by atoms with E-state index in [4.69, 9.17) is 16.3 Å². The number of amides is 3. The number of carbonyl (C=O) groups is 2. The molecule has 25 heavy (non-hydrogen) atoms. The molecular formula is C18H18ClN3O3. The fraction of sp³-hybridized carbons (Fsp3) is 0.222. The van der Waals surface area contributed by atoms with Crippen LogP contribution in [0.4, 0.5) is 16.2 Å². The second kappa shape index (κ2) is 7.44. The number of carbonyl (C=O) groups excluding carboxylic acids is 2. The Morgan fingerprint density at radius 1 is 1.28 bits per heavy atom. The van der Waals surface area contributed by atoms with E-state index in [0.717, 1.165) is 5.69 Å². The van der Waals surface area contributed by atoms with Gasteiger partial charge in [0.05, 0.1) is 0 Å². The molecule has 0 radical (unpaired) electrons. The van der Waals surface area contributed by atoms with Crippen molar-refractivity contribution in [2.24, 2.45) is 0 Å². The van der Waals surface area contributed by atoms with Gasteiger partial charge < -0.3 is 15.4 Å². The van der Waals surface area contributed by atoms with Gasteiger partial charge in [-0.3, -0.25) is 9.69 Å². The Bertz CT molecular complexity index is 779. The third-order valence-electron chi connectivity index (χ3n) is 3.78. The highest BCUT2D eigenvalue weighted by molar-refractivity contribution is 6.30. The topological polar surface area (TPSA) is 70.7 Å². The smallest absolute Gasteiger partial charge is 0.321 e. The van der Waals surface area contributed by atoms with Gasteiger partial charge in [0.1, 0.15) is 5.75 Å². The summed E-state index contributed by atoms with van der Waals surface area (Å²) in [7, 11) is 0. The van der Waals surface area contributed by atoms with Gasteiger partial charge in [0.2, 0.25) is 0 Å². The summed E-state index contributed by atoms with van der Waals surface area (Å²) < 4.78 is 5.59. The van der Waals surface area contributed by atoms with Crippen molar-refractivity contribution >= 4 is 34.9 Å². The summed E-state index contributed by atoms with van der Waals surface area (Å²) in [4.78, 5) is 25.5.